The Morgan fingerprint density at radius 1 is 1.21 bits per heavy atom. The second-order valence-corrected chi connectivity index (χ2v) is 6.63. The summed E-state index contributed by atoms with van der Waals surface area (Å²) in [5.74, 6) is -1.15. The summed E-state index contributed by atoms with van der Waals surface area (Å²) in [5, 5.41) is 12.2. The van der Waals surface area contributed by atoms with Crippen LogP contribution in [0.3, 0.4) is 0 Å². The number of aliphatic hydroxyl groups excluding tert-OH is 1. The van der Waals surface area contributed by atoms with Gasteiger partial charge in [0.15, 0.2) is 11.5 Å². The summed E-state index contributed by atoms with van der Waals surface area (Å²) in [6, 6.07) is 10.9. The van der Waals surface area contributed by atoms with Crippen LogP contribution in [0.1, 0.15) is 36.8 Å². The van der Waals surface area contributed by atoms with Crippen LogP contribution in [0.4, 0.5) is 5.69 Å². The zero-order chi connectivity index (χ0) is 17.3. The smallest absolute Gasteiger partial charge is 0.294 e. The standard InChI is InChI=1S/C19H19NO3S/c1-3-12-7-9-13(10-8-12)20-17(15-6-5-11-24-15)16(14(21)4-2)18(22)19(20)23/h5-11,17,22H,3-4H2,1-2H3. The summed E-state index contributed by atoms with van der Waals surface area (Å²) >= 11 is 1.47. The molecule has 0 saturated heterocycles. The number of amides is 1. The molecule has 0 radical (unpaired) electrons. The fourth-order valence-electron chi connectivity index (χ4n) is 2.96. The van der Waals surface area contributed by atoms with Crippen molar-refractivity contribution in [1.29, 1.82) is 0 Å². The van der Waals surface area contributed by atoms with Gasteiger partial charge in [-0.15, -0.1) is 11.3 Å². The van der Waals surface area contributed by atoms with Crippen LogP contribution in [0.5, 0.6) is 0 Å². The molecule has 3 rings (SSSR count). The summed E-state index contributed by atoms with van der Waals surface area (Å²) in [6.07, 6.45) is 1.16. The lowest BCUT2D eigenvalue weighted by Gasteiger charge is -2.25. The highest BCUT2D eigenvalue weighted by Gasteiger charge is 2.44. The fraction of sp³-hybridized carbons (Fsp3) is 0.263. The minimum Gasteiger partial charge on any atom is -0.503 e. The van der Waals surface area contributed by atoms with Crippen molar-refractivity contribution in [2.45, 2.75) is 32.7 Å². The third-order valence-electron chi connectivity index (χ3n) is 4.27. The number of anilines is 1. The second-order valence-electron chi connectivity index (χ2n) is 5.65. The number of nitrogens with zero attached hydrogens (tertiary/aromatic N) is 1. The van der Waals surface area contributed by atoms with E-state index in [0.29, 0.717) is 5.69 Å². The molecular weight excluding hydrogens is 322 g/mol. The second kappa shape index (κ2) is 6.61. The van der Waals surface area contributed by atoms with Crippen molar-refractivity contribution in [2.24, 2.45) is 0 Å². The highest BCUT2D eigenvalue weighted by atomic mass is 32.1. The van der Waals surface area contributed by atoms with Crippen molar-refractivity contribution in [3.05, 3.63) is 63.6 Å². The predicted molar refractivity (Wildman–Crippen MR) is 95.3 cm³/mol. The zero-order valence-corrected chi connectivity index (χ0v) is 14.5. The number of aliphatic hydroxyl groups is 1. The average Bonchev–Trinajstić information content (AvgIpc) is 3.22. The van der Waals surface area contributed by atoms with Gasteiger partial charge in [0, 0.05) is 17.0 Å². The maximum absolute atomic E-state index is 12.7. The van der Waals surface area contributed by atoms with Crippen molar-refractivity contribution in [3.8, 4) is 0 Å². The monoisotopic (exact) mass is 341 g/mol. The Morgan fingerprint density at radius 3 is 2.46 bits per heavy atom. The number of benzene rings is 1. The van der Waals surface area contributed by atoms with Gasteiger partial charge in [0.1, 0.15) is 6.04 Å². The Balaban J connectivity index is 2.11. The minimum atomic E-state index is -0.558. The molecule has 1 aromatic carbocycles. The molecule has 1 atom stereocenters. The molecule has 1 unspecified atom stereocenters. The summed E-state index contributed by atoms with van der Waals surface area (Å²) in [4.78, 5) is 27.4. The molecule has 1 aliphatic heterocycles. The fourth-order valence-corrected chi connectivity index (χ4v) is 3.78. The third-order valence-corrected chi connectivity index (χ3v) is 5.19. The van der Waals surface area contributed by atoms with Gasteiger partial charge < -0.3 is 5.11 Å². The van der Waals surface area contributed by atoms with Crippen LogP contribution >= 0.6 is 11.3 Å². The van der Waals surface area contributed by atoms with Crippen molar-refractivity contribution < 1.29 is 14.7 Å². The number of carbonyl (C=O) groups is 2. The Bertz CT molecular complexity index is 791. The van der Waals surface area contributed by atoms with Crippen LogP contribution in [-0.4, -0.2) is 16.8 Å². The number of hydrogen-bond donors (Lipinski definition) is 1. The molecule has 2 aromatic rings. The van der Waals surface area contributed by atoms with E-state index in [-0.39, 0.29) is 17.8 Å². The highest BCUT2D eigenvalue weighted by Crippen LogP contribution is 2.42. The molecule has 0 aliphatic carbocycles. The largest absolute Gasteiger partial charge is 0.503 e. The SMILES string of the molecule is CCC(=O)C1=C(O)C(=O)N(c2ccc(CC)cc2)C1c1cccs1. The molecule has 1 aromatic heterocycles. The number of hydrogen-bond acceptors (Lipinski definition) is 4. The molecule has 24 heavy (non-hydrogen) atoms. The lowest BCUT2D eigenvalue weighted by molar-refractivity contribution is -0.118. The van der Waals surface area contributed by atoms with Crippen LogP contribution in [0.25, 0.3) is 0 Å². The highest BCUT2D eigenvalue weighted by molar-refractivity contribution is 7.10. The lowest BCUT2D eigenvalue weighted by atomic mass is 10.00. The molecule has 2 heterocycles. The first kappa shape index (κ1) is 16.5. The van der Waals surface area contributed by atoms with E-state index >= 15 is 0 Å². The molecule has 0 bridgehead atoms. The van der Waals surface area contributed by atoms with Crippen molar-refractivity contribution in [2.75, 3.05) is 4.90 Å². The van der Waals surface area contributed by atoms with Gasteiger partial charge in [-0.1, -0.05) is 32.0 Å². The zero-order valence-electron chi connectivity index (χ0n) is 13.7. The molecule has 0 spiro atoms. The number of thiophene rings is 1. The topological polar surface area (TPSA) is 57.6 Å². The first-order chi connectivity index (χ1) is 11.6. The van der Waals surface area contributed by atoms with Crippen LogP contribution in [0.2, 0.25) is 0 Å². The molecular formula is C19H19NO3S. The van der Waals surface area contributed by atoms with E-state index in [0.717, 1.165) is 11.3 Å². The first-order valence-corrected chi connectivity index (χ1v) is 8.88. The van der Waals surface area contributed by atoms with E-state index < -0.39 is 17.7 Å². The Kier molecular flexibility index (Phi) is 4.53. The van der Waals surface area contributed by atoms with Crippen LogP contribution in [-0.2, 0) is 16.0 Å². The van der Waals surface area contributed by atoms with E-state index in [9.17, 15) is 14.7 Å². The van der Waals surface area contributed by atoms with Gasteiger partial charge in [-0.3, -0.25) is 14.5 Å². The van der Waals surface area contributed by atoms with Gasteiger partial charge >= 0.3 is 0 Å². The maximum Gasteiger partial charge on any atom is 0.294 e. The molecule has 0 fully saturated rings. The van der Waals surface area contributed by atoms with E-state index in [1.807, 2.05) is 41.8 Å². The van der Waals surface area contributed by atoms with Crippen LogP contribution in [0, 0.1) is 0 Å². The molecule has 4 nitrogen and oxygen atoms in total. The minimum absolute atomic E-state index is 0.199. The van der Waals surface area contributed by atoms with E-state index in [1.54, 1.807) is 6.92 Å². The van der Waals surface area contributed by atoms with Crippen LogP contribution in [0.15, 0.2) is 53.1 Å². The summed E-state index contributed by atoms with van der Waals surface area (Å²) in [6.45, 7) is 3.80. The van der Waals surface area contributed by atoms with E-state index in [4.69, 9.17) is 0 Å². The van der Waals surface area contributed by atoms with Crippen molar-refractivity contribution in [1.82, 2.24) is 0 Å². The Hall–Kier alpha value is -2.40. The Morgan fingerprint density at radius 2 is 1.92 bits per heavy atom. The number of rotatable bonds is 5. The molecule has 0 saturated carbocycles. The quantitative estimate of drug-likeness (QED) is 0.887. The van der Waals surface area contributed by atoms with Gasteiger partial charge in [0.25, 0.3) is 5.91 Å². The summed E-state index contributed by atoms with van der Waals surface area (Å²) < 4.78 is 0. The van der Waals surface area contributed by atoms with Gasteiger partial charge in [-0.05, 0) is 35.6 Å². The van der Waals surface area contributed by atoms with Gasteiger partial charge in [0.05, 0.1) is 5.57 Å². The number of ketones is 1. The summed E-state index contributed by atoms with van der Waals surface area (Å²) in [7, 11) is 0. The molecule has 1 amide bonds. The Labute approximate surface area is 145 Å². The van der Waals surface area contributed by atoms with Crippen molar-refractivity contribution in [3.63, 3.8) is 0 Å². The van der Waals surface area contributed by atoms with Gasteiger partial charge in [-0.25, -0.2) is 0 Å². The molecule has 124 valence electrons. The van der Waals surface area contributed by atoms with Gasteiger partial charge in [-0.2, -0.15) is 0 Å². The number of aryl methyl sites for hydroxylation is 1. The number of carbonyl (C=O) groups excluding carboxylic acids is 2. The first-order valence-electron chi connectivity index (χ1n) is 8.00. The molecule has 1 N–H and O–H groups in total. The normalized spacial score (nSPS) is 17.7. The maximum atomic E-state index is 12.7. The molecule has 1 aliphatic rings. The summed E-state index contributed by atoms with van der Waals surface area (Å²) in [5.41, 5.74) is 2.05. The van der Waals surface area contributed by atoms with Crippen LogP contribution < -0.4 is 4.90 Å². The lowest BCUT2D eigenvalue weighted by Crippen LogP contribution is -2.30. The number of Topliss-reactive ketones (excluding diaryl/α,β-unsaturated/α-hetero) is 1. The molecule has 5 heteroatoms. The predicted octanol–water partition coefficient (Wildman–Crippen LogP) is 4.19. The van der Waals surface area contributed by atoms with Gasteiger partial charge in [0.2, 0.25) is 0 Å². The third kappa shape index (κ3) is 2.65. The average molecular weight is 341 g/mol. The van der Waals surface area contributed by atoms with E-state index in [2.05, 4.69) is 6.92 Å². The van der Waals surface area contributed by atoms with Crippen molar-refractivity contribution >= 4 is 28.7 Å². The van der Waals surface area contributed by atoms with E-state index in [1.165, 1.54) is 21.8 Å².